The Morgan fingerprint density at radius 2 is 1.18 bits per heavy atom. The maximum absolute atomic E-state index is 12.5. The highest BCUT2D eigenvalue weighted by Crippen LogP contribution is 2.15. The Labute approximate surface area is 240 Å². The number of quaternary nitrogens is 1. The summed E-state index contributed by atoms with van der Waals surface area (Å²) in [5.74, 6) is -0.536. The average molecular weight is 554 g/mol. The number of carbonyl (C=O) groups is 2. The first-order valence-electron chi connectivity index (χ1n) is 15.0. The van der Waals surface area contributed by atoms with Crippen LogP contribution in [0.1, 0.15) is 122 Å². The van der Waals surface area contributed by atoms with Gasteiger partial charge in [0.2, 0.25) is 0 Å². The van der Waals surface area contributed by atoms with Crippen molar-refractivity contribution in [1.29, 1.82) is 0 Å². The Hall–Kier alpha value is -1.59. The summed E-state index contributed by atoms with van der Waals surface area (Å²) in [4.78, 5) is 24.8. The number of hydrogen-bond acceptors (Lipinski definition) is 4. The summed E-state index contributed by atoms with van der Waals surface area (Å²) in [6.07, 6.45) is 19.5. The van der Waals surface area contributed by atoms with Crippen molar-refractivity contribution >= 4 is 11.9 Å². The van der Waals surface area contributed by atoms with Crippen LogP contribution >= 0.6 is 0 Å². The molecule has 0 bridgehead atoms. The van der Waals surface area contributed by atoms with Crippen LogP contribution in [0, 0.1) is 0 Å². The van der Waals surface area contributed by atoms with Crippen LogP contribution in [-0.2, 0) is 25.7 Å². The normalized spacial score (nSPS) is 12.0. The van der Waals surface area contributed by atoms with Crippen molar-refractivity contribution < 1.29 is 36.0 Å². The quantitative estimate of drug-likeness (QED) is 0.109. The minimum absolute atomic E-state index is 0. The van der Waals surface area contributed by atoms with E-state index in [1.165, 1.54) is 83.5 Å². The smallest absolute Gasteiger partial charge is 0.310 e. The highest BCUT2D eigenvalue weighted by atomic mass is 35.5. The van der Waals surface area contributed by atoms with E-state index in [9.17, 15) is 9.59 Å². The number of unbranched alkanes of at least 4 members (excludes halogenated alkanes) is 14. The number of rotatable bonds is 23. The zero-order valence-electron chi connectivity index (χ0n) is 24.9. The third-order valence-corrected chi connectivity index (χ3v) is 6.67. The van der Waals surface area contributed by atoms with Gasteiger partial charge in [-0.25, -0.2) is 0 Å². The highest BCUT2D eigenvalue weighted by molar-refractivity contribution is 5.72. The first kappa shape index (κ1) is 36.4. The fourth-order valence-electron chi connectivity index (χ4n) is 4.62. The lowest BCUT2D eigenvalue weighted by atomic mass is 10.0. The molecule has 0 fully saturated rings. The Kier molecular flexibility index (Phi) is 22.3. The standard InChI is InChI=1S/C32H56NO4.ClH/c1-5-6-7-8-9-10-11-12-13-14-15-16-17-18-22-25-31(34)37-30(27-33(2,3)4)26-32(35)36-28-29-23-20-19-21-24-29;/h19-21,23-24,30H,5-18,22,25-28H2,1-4H3;1H/q+1;/p-1/t30-;/m1./s1. The van der Waals surface area contributed by atoms with Crippen molar-refractivity contribution in [2.24, 2.45) is 0 Å². The molecule has 0 saturated carbocycles. The van der Waals surface area contributed by atoms with E-state index in [1.807, 2.05) is 51.5 Å². The molecule has 0 unspecified atom stereocenters. The van der Waals surface area contributed by atoms with Crippen molar-refractivity contribution in [3.63, 3.8) is 0 Å². The lowest BCUT2D eigenvalue weighted by molar-refractivity contribution is -0.873. The number of esters is 2. The van der Waals surface area contributed by atoms with Gasteiger partial charge in [0.15, 0.2) is 6.10 Å². The van der Waals surface area contributed by atoms with Gasteiger partial charge >= 0.3 is 11.9 Å². The van der Waals surface area contributed by atoms with Crippen LogP contribution < -0.4 is 12.4 Å². The van der Waals surface area contributed by atoms with E-state index in [-0.39, 0.29) is 37.4 Å². The molecule has 0 spiro atoms. The van der Waals surface area contributed by atoms with Gasteiger partial charge in [0, 0.05) is 6.42 Å². The van der Waals surface area contributed by atoms with Crippen LogP contribution in [0.4, 0.5) is 0 Å². The van der Waals surface area contributed by atoms with E-state index in [0.717, 1.165) is 18.4 Å². The molecule has 1 aromatic carbocycles. The molecular weight excluding hydrogens is 498 g/mol. The molecule has 5 nitrogen and oxygen atoms in total. The molecule has 0 amide bonds. The third kappa shape index (κ3) is 22.4. The minimum atomic E-state index is -0.466. The van der Waals surface area contributed by atoms with Crippen LogP contribution in [0.15, 0.2) is 30.3 Å². The number of ether oxygens (including phenoxy) is 2. The number of hydrogen-bond donors (Lipinski definition) is 0. The summed E-state index contributed by atoms with van der Waals surface area (Å²) in [5.41, 5.74) is 0.948. The summed E-state index contributed by atoms with van der Waals surface area (Å²) in [5, 5.41) is 0. The molecule has 1 atom stereocenters. The monoisotopic (exact) mass is 553 g/mol. The van der Waals surface area contributed by atoms with E-state index < -0.39 is 6.10 Å². The maximum Gasteiger partial charge on any atom is 0.310 e. The third-order valence-electron chi connectivity index (χ3n) is 6.67. The molecule has 0 aromatic heterocycles. The van der Waals surface area contributed by atoms with Crippen LogP contribution in [0.2, 0.25) is 0 Å². The zero-order chi connectivity index (χ0) is 27.2. The van der Waals surface area contributed by atoms with E-state index in [2.05, 4.69) is 6.92 Å². The number of benzene rings is 1. The number of nitrogens with zero attached hydrogens (tertiary/aromatic N) is 1. The Morgan fingerprint density at radius 3 is 1.66 bits per heavy atom. The molecule has 1 rings (SSSR count). The molecule has 0 N–H and O–H groups in total. The minimum Gasteiger partial charge on any atom is -1.00 e. The second-order valence-corrected chi connectivity index (χ2v) is 11.6. The summed E-state index contributed by atoms with van der Waals surface area (Å²) < 4.78 is 11.7. The summed E-state index contributed by atoms with van der Waals surface area (Å²) in [7, 11) is 6.10. The van der Waals surface area contributed by atoms with Gasteiger partial charge in [-0.05, 0) is 12.0 Å². The molecule has 0 heterocycles. The predicted octanol–water partition coefficient (Wildman–Crippen LogP) is 5.00. The van der Waals surface area contributed by atoms with E-state index in [0.29, 0.717) is 17.4 Å². The fourth-order valence-corrected chi connectivity index (χ4v) is 4.62. The SMILES string of the molecule is CCCCCCCCCCCCCCCCCC(=O)O[C@H](CC(=O)OCc1ccccc1)C[N+](C)(C)C.[Cl-]. The molecular formula is C32H56ClNO4. The van der Waals surface area contributed by atoms with Gasteiger partial charge in [0.05, 0.1) is 27.6 Å². The maximum atomic E-state index is 12.5. The number of halogens is 1. The van der Waals surface area contributed by atoms with Gasteiger partial charge in [-0.1, -0.05) is 127 Å². The molecule has 0 aliphatic carbocycles. The van der Waals surface area contributed by atoms with Crippen molar-refractivity contribution in [2.75, 3.05) is 27.7 Å². The molecule has 1 aromatic rings. The summed E-state index contributed by atoms with van der Waals surface area (Å²) in [6, 6.07) is 9.62. The highest BCUT2D eigenvalue weighted by Gasteiger charge is 2.25. The Balaban J connectivity index is 0.0000137. The zero-order valence-corrected chi connectivity index (χ0v) is 25.6. The molecule has 38 heavy (non-hydrogen) atoms. The number of carbonyl (C=O) groups excluding carboxylic acids is 2. The summed E-state index contributed by atoms with van der Waals surface area (Å²) >= 11 is 0. The first-order valence-corrected chi connectivity index (χ1v) is 15.0. The van der Waals surface area contributed by atoms with Gasteiger partial charge in [-0.15, -0.1) is 0 Å². The largest absolute Gasteiger partial charge is 1.00 e. The fraction of sp³-hybridized carbons (Fsp3) is 0.750. The van der Waals surface area contributed by atoms with E-state index >= 15 is 0 Å². The van der Waals surface area contributed by atoms with Crippen LogP contribution in [0.3, 0.4) is 0 Å². The predicted molar refractivity (Wildman–Crippen MR) is 153 cm³/mol. The lowest BCUT2D eigenvalue weighted by Crippen LogP contribution is -3.00. The van der Waals surface area contributed by atoms with Crippen LogP contribution in [0.5, 0.6) is 0 Å². The molecule has 0 saturated heterocycles. The van der Waals surface area contributed by atoms with Crippen molar-refractivity contribution in [3.8, 4) is 0 Å². The molecule has 0 aliphatic heterocycles. The van der Waals surface area contributed by atoms with Gasteiger partial charge < -0.3 is 26.4 Å². The second-order valence-electron chi connectivity index (χ2n) is 11.6. The van der Waals surface area contributed by atoms with Gasteiger partial charge in [0.25, 0.3) is 0 Å². The molecule has 220 valence electrons. The van der Waals surface area contributed by atoms with Gasteiger partial charge in [0.1, 0.15) is 13.2 Å². The van der Waals surface area contributed by atoms with Crippen molar-refractivity contribution in [3.05, 3.63) is 35.9 Å². The second kappa shape index (κ2) is 23.3. The Bertz CT molecular complexity index is 705. The topological polar surface area (TPSA) is 52.6 Å². The molecule has 6 heteroatoms. The van der Waals surface area contributed by atoms with Gasteiger partial charge in [-0.3, -0.25) is 9.59 Å². The summed E-state index contributed by atoms with van der Waals surface area (Å²) in [6.45, 7) is 3.09. The number of likely N-dealkylation sites (N-methyl/N-ethyl adjacent to an activating group) is 1. The van der Waals surface area contributed by atoms with Crippen molar-refractivity contribution in [1.82, 2.24) is 0 Å². The average Bonchev–Trinajstić information content (AvgIpc) is 2.84. The first-order chi connectivity index (χ1) is 17.8. The van der Waals surface area contributed by atoms with E-state index in [1.54, 1.807) is 0 Å². The molecule has 0 radical (unpaired) electrons. The van der Waals surface area contributed by atoms with Crippen LogP contribution in [-0.4, -0.2) is 50.2 Å². The lowest BCUT2D eigenvalue weighted by Gasteiger charge is -2.28. The van der Waals surface area contributed by atoms with Gasteiger partial charge in [-0.2, -0.15) is 0 Å². The van der Waals surface area contributed by atoms with Crippen molar-refractivity contribution in [2.45, 2.75) is 129 Å². The van der Waals surface area contributed by atoms with Crippen LogP contribution in [0.25, 0.3) is 0 Å². The molecule has 0 aliphatic rings. The Morgan fingerprint density at radius 1 is 0.711 bits per heavy atom. The van der Waals surface area contributed by atoms with E-state index in [4.69, 9.17) is 9.47 Å².